The summed E-state index contributed by atoms with van der Waals surface area (Å²) in [6.45, 7) is 6.57. The number of nitrogens with two attached hydrogens (primary N) is 1. The van der Waals surface area contributed by atoms with Crippen LogP contribution in [0.3, 0.4) is 0 Å². The molecule has 0 saturated heterocycles. The molecular weight excluding hydrogens is 286 g/mol. The van der Waals surface area contributed by atoms with Crippen LogP contribution in [0.15, 0.2) is 18.2 Å². The molecule has 6 heteroatoms. The summed E-state index contributed by atoms with van der Waals surface area (Å²) in [5.74, 6) is 5.98. The summed E-state index contributed by atoms with van der Waals surface area (Å²) in [6.07, 6.45) is 0.709. The fourth-order valence-electron chi connectivity index (χ4n) is 1.67. The van der Waals surface area contributed by atoms with E-state index in [1.807, 2.05) is 26.8 Å². The molecule has 116 valence electrons. The average Bonchev–Trinajstić information content (AvgIpc) is 2.44. The molecular formula is C15H23N3O2S. The quantitative estimate of drug-likeness (QED) is 0.696. The predicted octanol–water partition coefficient (Wildman–Crippen LogP) is 1.46. The van der Waals surface area contributed by atoms with E-state index in [1.54, 1.807) is 12.1 Å². The van der Waals surface area contributed by atoms with Gasteiger partial charge in [-0.2, -0.15) is 13.1 Å². The lowest BCUT2D eigenvalue weighted by molar-refractivity contribution is 0.565. The van der Waals surface area contributed by atoms with E-state index in [9.17, 15) is 8.42 Å². The van der Waals surface area contributed by atoms with Gasteiger partial charge in [-0.25, -0.2) is 0 Å². The zero-order valence-corrected chi connectivity index (χ0v) is 13.5. The summed E-state index contributed by atoms with van der Waals surface area (Å²) in [4.78, 5) is 0. The summed E-state index contributed by atoms with van der Waals surface area (Å²) in [5.41, 5.74) is 7.65. The van der Waals surface area contributed by atoms with Gasteiger partial charge in [-0.3, -0.25) is 4.72 Å². The third-order valence-electron chi connectivity index (χ3n) is 2.75. The van der Waals surface area contributed by atoms with E-state index in [0.29, 0.717) is 25.2 Å². The standard InChI is InChI=1S/C15H23N3O2S/c1-4-14-10-13(6-5-9-16)7-8-15(14)18-21(19,20)17-11-12(2)3/h7-8,10,12,17-18H,4,9,11,16H2,1-3H3. The van der Waals surface area contributed by atoms with Crippen LogP contribution < -0.4 is 15.2 Å². The molecule has 0 spiro atoms. The number of anilines is 1. The van der Waals surface area contributed by atoms with Crippen LogP contribution in [0.5, 0.6) is 0 Å². The van der Waals surface area contributed by atoms with Crippen LogP contribution in [0.4, 0.5) is 5.69 Å². The molecule has 0 aliphatic carbocycles. The maximum absolute atomic E-state index is 12.0. The molecule has 0 atom stereocenters. The zero-order chi connectivity index (χ0) is 15.9. The predicted molar refractivity (Wildman–Crippen MR) is 87.1 cm³/mol. The lowest BCUT2D eigenvalue weighted by Crippen LogP contribution is -2.33. The zero-order valence-electron chi connectivity index (χ0n) is 12.7. The van der Waals surface area contributed by atoms with Crippen molar-refractivity contribution < 1.29 is 8.42 Å². The molecule has 21 heavy (non-hydrogen) atoms. The fourth-order valence-corrected chi connectivity index (χ4v) is 2.79. The molecule has 0 unspecified atom stereocenters. The topological polar surface area (TPSA) is 84.2 Å². The Labute approximate surface area is 127 Å². The molecule has 1 rings (SSSR count). The highest BCUT2D eigenvalue weighted by atomic mass is 32.2. The third-order valence-corrected chi connectivity index (χ3v) is 3.78. The van der Waals surface area contributed by atoms with Crippen molar-refractivity contribution in [1.82, 2.24) is 4.72 Å². The van der Waals surface area contributed by atoms with Crippen LogP contribution in [0.2, 0.25) is 0 Å². The minimum absolute atomic E-state index is 0.251. The van der Waals surface area contributed by atoms with Crippen molar-refractivity contribution in [3.05, 3.63) is 29.3 Å². The fraction of sp³-hybridized carbons (Fsp3) is 0.467. The molecule has 0 bridgehead atoms. The normalized spacial score (nSPS) is 11.1. The Morgan fingerprint density at radius 3 is 2.62 bits per heavy atom. The highest BCUT2D eigenvalue weighted by Crippen LogP contribution is 2.19. The average molecular weight is 309 g/mol. The number of aryl methyl sites for hydroxylation is 1. The van der Waals surface area contributed by atoms with Gasteiger partial charge in [0.2, 0.25) is 0 Å². The lowest BCUT2D eigenvalue weighted by atomic mass is 10.1. The van der Waals surface area contributed by atoms with Crippen LogP contribution in [0.1, 0.15) is 31.9 Å². The minimum atomic E-state index is -3.55. The summed E-state index contributed by atoms with van der Waals surface area (Å²) in [7, 11) is -3.55. The van der Waals surface area contributed by atoms with Gasteiger partial charge in [-0.1, -0.05) is 32.6 Å². The smallest absolute Gasteiger partial charge is 0.299 e. The molecule has 0 saturated carbocycles. The second kappa shape index (κ2) is 8.03. The second-order valence-corrected chi connectivity index (χ2v) is 6.58. The van der Waals surface area contributed by atoms with Crippen molar-refractivity contribution in [1.29, 1.82) is 0 Å². The first-order chi connectivity index (χ1) is 9.88. The van der Waals surface area contributed by atoms with Crippen molar-refractivity contribution in [3.63, 3.8) is 0 Å². The van der Waals surface area contributed by atoms with E-state index < -0.39 is 10.2 Å². The molecule has 0 radical (unpaired) electrons. The molecule has 4 N–H and O–H groups in total. The van der Waals surface area contributed by atoms with Gasteiger partial charge in [0.25, 0.3) is 10.2 Å². The monoisotopic (exact) mass is 309 g/mol. The van der Waals surface area contributed by atoms with Gasteiger partial charge >= 0.3 is 0 Å². The maximum Gasteiger partial charge on any atom is 0.299 e. The molecule has 0 amide bonds. The first kappa shape index (κ1) is 17.5. The summed E-state index contributed by atoms with van der Waals surface area (Å²) >= 11 is 0. The van der Waals surface area contributed by atoms with Crippen LogP contribution in [0.25, 0.3) is 0 Å². The van der Waals surface area contributed by atoms with Crippen LogP contribution in [-0.2, 0) is 16.6 Å². The summed E-state index contributed by atoms with van der Waals surface area (Å²) in [5, 5.41) is 0. The van der Waals surface area contributed by atoms with E-state index in [4.69, 9.17) is 5.73 Å². The summed E-state index contributed by atoms with van der Waals surface area (Å²) < 4.78 is 29.0. The molecule has 1 aromatic carbocycles. The van der Waals surface area contributed by atoms with E-state index in [0.717, 1.165) is 11.1 Å². The Hall–Kier alpha value is -1.55. The molecule has 0 aliphatic rings. The Balaban J connectivity index is 2.93. The Morgan fingerprint density at radius 1 is 1.33 bits per heavy atom. The Morgan fingerprint density at radius 2 is 2.05 bits per heavy atom. The molecule has 0 fully saturated rings. The van der Waals surface area contributed by atoms with Gasteiger partial charge in [0.05, 0.1) is 12.2 Å². The minimum Gasteiger partial charge on any atom is -0.320 e. The molecule has 0 aromatic heterocycles. The van der Waals surface area contributed by atoms with E-state index in [-0.39, 0.29) is 5.92 Å². The highest BCUT2D eigenvalue weighted by Gasteiger charge is 2.12. The first-order valence-electron chi connectivity index (χ1n) is 6.97. The molecule has 0 aliphatic heterocycles. The van der Waals surface area contributed by atoms with Crippen molar-refractivity contribution in [2.24, 2.45) is 11.7 Å². The number of hydrogen-bond donors (Lipinski definition) is 3. The SMILES string of the molecule is CCc1cc(C#CCN)ccc1NS(=O)(=O)NCC(C)C. The lowest BCUT2D eigenvalue weighted by Gasteiger charge is -2.14. The molecule has 5 nitrogen and oxygen atoms in total. The van der Waals surface area contributed by atoms with E-state index >= 15 is 0 Å². The molecule has 1 aromatic rings. The van der Waals surface area contributed by atoms with Crippen molar-refractivity contribution in [3.8, 4) is 11.8 Å². The van der Waals surface area contributed by atoms with Crippen LogP contribution >= 0.6 is 0 Å². The number of nitrogens with one attached hydrogen (secondary N) is 2. The van der Waals surface area contributed by atoms with Gasteiger partial charge in [0, 0.05) is 12.1 Å². The summed E-state index contributed by atoms with van der Waals surface area (Å²) in [6, 6.07) is 5.39. The van der Waals surface area contributed by atoms with Gasteiger partial charge in [-0.15, -0.1) is 0 Å². The van der Waals surface area contributed by atoms with E-state index in [1.165, 1.54) is 0 Å². The molecule has 0 heterocycles. The second-order valence-electron chi connectivity index (χ2n) is 5.08. The van der Waals surface area contributed by atoms with Gasteiger partial charge in [-0.05, 0) is 36.1 Å². The van der Waals surface area contributed by atoms with Gasteiger partial charge in [0.1, 0.15) is 0 Å². The number of benzene rings is 1. The number of rotatable bonds is 6. The maximum atomic E-state index is 12.0. The van der Waals surface area contributed by atoms with Gasteiger partial charge < -0.3 is 5.73 Å². The van der Waals surface area contributed by atoms with Crippen molar-refractivity contribution >= 4 is 15.9 Å². The van der Waals surface area contributed by atoms with E-state index in [2.05, 4.69) is 21.3 Å². The number of hydrogen-bond acceptors (Lipinski definition) is 3. The highest BCUT2D eigenvalue weighted by molar-refractivity contribution is 7.90. The van der Waals surface area contributed by atoms with Crippen molar-refractivity contribution in [2.75, 3.05) is 17.8 Å². The van der Waals surface area contributed by atoms with Gasteiger partial charge in [0.15, 0.2) is 0 Å². The Kier molecular flexibility index (Phi) is 6.69. The van der Waals surface area contributed by atoms with Crippen molar-refractivity contribution in [2.45, 2.75) is 27.2 Å². The van der Waals surface area contributed by atoms with Crippen LogP contribution in [0, 0.1) is 17.8 Å². The Bertz CT molecular complexity index is 628. The van der Waals surface area contributed by atoms with Crippen LogP contribution in [-0.4, -0.2) is 21.5 Å². The third kappa shape index (κ3) is 6.17. The first-order valence-corrected chi connectivity index (χ1v) is 8.45. The largest absolute Gasteiger partial charge is 0.320 e.